The number of nitrogens with one attached hydrogen (secondary N) is 2. The van der Waals surface area contributed by atoms with Gasteiger partial charge in [-0.05, 0) is 42.8 Å². The van der Waals surface area contributed by atoms with Crippen molar-refractivity contribution in [3.63, 3.8) is 0 Å². The maximum Gasteiger partial charge on any atom is 0.262 e. The zero-order valence-corrected chi connectivity index (χ0v) is 18.9. The van der Waals surface area contributed by atoms with E-state index in [-0.39, 0.29) is 31.3 Å². The zero-order chi connectivity index (χ0) is 22.3. The van der Waals surface area contributed by atoms with Crippen molar-refractivity contribution in [3.8, 4) is 0 Å². The standard InChI is InChI=1S/C20H13Cl3N4O3S/c1-10-15(22)7-12(8-16(10)23)31(29,30)27-17-6-11(21)9-26-18(17)19(28)13-2-4-24-20-14(13)3-5-25-20/h2-9,27H,1H3,(H,24,25). The molecule has 0 saturated carbocycles. The lowest BCUT2D eigenvalue weighted by molar-refractivity contribution is 0.103. The number of H-pyrrole nitrogens is 1. The van der Waals surface area contributed by atoms with Gasteiger partial charge < -0.3 is 4.98 Å². The second-order valence-corrected chi connectivity index (χ2v) is 9.53. The van der Waals surface area contributed by atoms with Crippen LogP contribution in [0.3, 0.4) is 0 Å². The smallest absolute Gasteiger partial charge is 0.262 e. The van der Waals surface area contributed by atoms with Gasteiger partial charge in [0.25, 0.3) is 10.0 Å². The fraction of sp³-hybridized carbons (Fsp3) is 0.0500. The van der Waals surface area contributed by atoms with Crippen LogP contribution in [-0.2, 0) is 10.0 Å². The van der Waals surface area contributed by atoms with Gasteiger partial charge >= 0.3 is 0 Å². The van der Waals surface area contributed by atoms with E-state index >= 15 is 0 Å². The van der Waals surface area contributed by atoms with E-state index < -0.39 is 15.8 Å². The number of aromatic nitrogens is 3. The number of fused-ring (bicyclic) bond motifs is 1. The number of aromatic amines is 1. The lowest BCUT2D eigenvalue weighted by Crippen LogP contribution is -2.17. The van der Waals surface area contributed by atoms with E-state index in [0.717, 1.165) is 0 Å². The van der Waals surface area contributed by atoms with Gasteiger partial charge in [0.15, 0.2) is 0 Å². The fourth-order valence-electron chi connectivity index (χ4n) is 2.97. The maximum atomic E-state index is 13.2. The molecule has 0 bridgehead atoms. The summed E-state index contributed by atoms with van der Waals surface area (Å²) in [4.78, 5) is 24.2. The summed E-state index contributed by atoms with van der Waals surface area (Å²) in [6, 6.07) is 7.10. The van der Waals surface area contributed by atoms with Gasteiger partial charge in [-0.3, -0.25) is 9.52 Å². The van der Waals surface area contributed by atoms with Gasteiger partial charge in [0.05, 0.1) is 15.6 Å². The molecule has 4 rings (SSSR count). The third kappa shape index (κ3) is 4.12. The lowest BCUT2D eigenvalue weighted by atomic mass is 10.0. The number of carbonyl (C=O) groups is 1. The van der Waals surface area contributed by atoms with E-state index in [1.165, 1.54) is 36.7 Å². The number of rotatable bonds is 5. The molecule has 7 nitrogen and oxygen atoms in total. The van der Waals surface area contributed by atoms with E-state index in [1.807, 2.05) is 0 Å². The largest absolute Gasteiger partial charge is 0.346 e. The molecule has 0 radical (unpaired) electrons. The first-order valence-corrected chi connectivity index (χ1v) is 11.4. The van der Waals surface area contributed by atoms with Crippen molar-refractivity contribution in [2.45, 2.75) is 11.8 Å². The van der Waals surface area contributed by atoms with Crippen LogP contribution in [0.1, 0.15) is 21.6 Å². The predicted octanol–water partition coefficient (Wildman–Crippen LogP) is 5.26. The number of hydrogen-bond acceptors (Lipinski definition) is 5. The van der Waals surface area contributed by atoms with Gasteiger partial charge in [-0.15, -0.1) is 0 Å². The summed E-state index contributed by atoms with van der Waals surface area (Å²) >= 11 is 18.2. The molecule has 3 aromatic heterocycles. The second kappa shape index (κ2) is 8.12. The molecule has 0 aliphatic heterocycles. The lowest BCUT2D eigenvalue weighted by Gasteiger charge is -2.13. The molecule has 0 unspecified atom stereocenters. The molecule has 1 aromatic carbocycles. The fourth-order valence-corrected chi connectivity index (χ4v) is 4.85. The van der Waals surface area contributed by atoms with Crippen LogP contribution in [0.2, 0.25) is 15.1 Å². The Labute approximate surface area is 192 Å². The van der Waals surface area contributed by atoms with Crippen molar-refractivity contribution in [1.82, 2.24) is 15.0 Å². The Morgan fingerprint density at radius 1 is 1.06 bits per heavy atom. The normalized spacial score (nSPS) is 11.6. The number of halogens is 3. The molecule has 0 fully saturated rings. The molecule has 11 heteroatoms. The number of sulfonamides is 1. The van der Waals surface area contributed by atoms with Crippen molar-refractivity contribution in [2.75, 3.05) is 4.72 Å². The molecule has 4 aromatic rings. The average molecular weight is 496 g/mol. The second-order valence-electron chi connectivity index (χ2n) is 6.59. The van der Waals surface area contributed by atoms with Crippen molar-refractivity contribution < 1.29 is 13.2 Å². The van der Waals surface area contributed by atoms with Crippen LogP contribution in [0.25, 0.3) is 11.0 Å². The van der Waals surface area contributed by atoms with Gasteiger partial charge in [0.1, 0.15) is 11.3 Å². The van der Waals surface area contributed by atoms with E-state index in [4.69, 9.17) is 34.8 Å². The minimum atomic E-state index is -4.15. The monoisotopic (exact) mass is 494 g/mol. The number of benzene rings is 1. The number of anilines is 1. The average Bonchev–Trinajstić information content (AvgIpc) is 3.20. The summed E-state index contributed by atoms with van der Waals surface area (Å²) in [5.41, 5.74) is 1.18. The Balaban J connectivity index is 1.79. The topological polar surface area (TPSA) is 105 Å². The summed E-state index contributed by atoms with van der Waals surface area (Å²) in [7, 11) is -4.15. The van der Waals surface area contributed by atoms with Crippen molar-refractivity contribution in [1.29, 1.82) is 0 Å². The van der Waals surface area contributed by atoms with Crippen LogP contribution in [0.5, 0.6) is 0 Å². The first-order chi connectivity index (χ1) is 14.7. The maximum absolute atomic E-state index is 13.2. The Morgan fingerprint density at radius 3 is 2.48 bits per heavy atom. The van der Waals surface area contributed by atoms with Crippen LogP contribution in [0.4, 0.5) is 5.69 Å². The van der Waals surface area contributed by atoms with Gasteiger partial charge in [-0.1, -0.05) is 34.8 Å². The van der Waals surface area contributed by atoms with Crippen LogP contribution in [0, 0.1) is 6.92 Å². The van der Waals surface area contributed by atoms with Crippen LogP contribution in [0.15, 0.2) is 53.8 Å². The van der Waals surface area contributed by atoms with Crippen LogP contribution in [-0.4, -0.2) is 29.2 Å². The highest BCUT2D eigenvalue weighted by molar-refractivity contribution is 7.92. The van der Waals surface area contributed by atoms with E-state index in [9.17, 15) is 13.2 Å². The van der Waals surface area contributed by atoms with Gasteiger partial charge in [0, 0.05) is 39.6 Å². The highest BCUT2D eigenvalue weighted by Gasteiger charge is 2.24. The molecule has 0 atom stereocenters. The highest BCUT2D eigenvalue weighted by Crippen LogP contribution is 2.30. The Kier molecular flexibility index (Phi) is 5.65. The molecule has 0 aliphatic carbocycles. The first kappa shape index (κ1) is 21.6. The van der Waals surface area contributed by atoms with Crippen molar-refractivity contribution in [3.05, 3.63) is 80.8 Å². The molecular weight excluding hydrogens is 483 g/mol. The SMILES string of the molecule is Cc1c(Cl)cc(S(=O)(=O)Nc2cc(Cl)cnc2C(=O)c2ccnc3[nH]ccc23)cc1Cl. The predicted molar refractivity (Wildman–Crippen MR) is 121 cm³/mol. The Bertz CT molecular complexity index is 1430. The third-order valence-electron chi connectivity index (χ3n) is 4.58. The van der Waals surface area contributed by atoms with E-state index in [0.29, 0.717) is 22.2 Å². The molecule has 0 amide bonds. The summed E-state index contributed by atoms with van der Waals surface area (Å²) in [5.74, 6) is -0.499. The van der Waals surface area contributed by atoms with E-state index in [1.54, 1.807) is 19.2 Å². The van der Waals surface area contributed by atoms with Gasteiger partial charge in [-0.25, -0.2) is 18.4 Å². The number of hydrogen-bond donors (Lipinski definition) is 2. The summed E-state index contributed by atoms with van der Waals surface area (Å²) in [5, 5.41) is 1.12. The number of carbonyl (C=O) groups excluding carboxylic acids is 1. The summed E-state index contributed by atoms with van der Waals surface area (Å²) < 4.78 is 28.3. The molecule has 2 N–H and O–H groups in total. The quantitative estimate of drug-likeness (QED) is 0.368. The summed E-state index contributed by atoms with van der Waals surface area (Å²) in [6.45, 7) is 1.67. The van der Waals surface area contributed by atoms with Crippen molar-refractivity contribution >= 4 is 67.3 Å². The zero-order valence-electron chi connectivity index (χ0n) is 15.8. The molecular formula is C20H13Cl3N4O3S. The molecule has 158 valence electrons. The number of pyridine rings is 2. The minimum Gasteiger partial charge on any atom is -0.346 e. The van der Waals surface area contributed by atoms with Crippen molar-refractivity contribution in [2.24, 2.45) is 0 Å². The molecule has 0 aliphatic rings. The number of nitrogens with zero attached hydrogens (tertiary/aromatic N) is 2. The first-order valence-electron chi connectivity index (χ1n) is 8.78. The van der Waals surface area contributed by atoms with Crippen LogP contribution >= 0.6 is 34.8 Å². The molecule has 31 heavy (non-hydrogen) atoms. The number of ketones is 1. The van der Waals surface area contributed by atoms with Gasteiger partial charge in [0.2, 0.25) is 5.78 Å². The van der Waals surface area contributed by atoms with Gasteiger partial charge in [-0.2, -0.15) is 0 Å². The molecule has 0 spiro atoms. The minimum absolute atomic E-state index is 0.0779. The molecule has 0 saturated heterocycles. The molecule has 3 heterocycles. The Morgan fingerprint density at radius 2 is 1.77 bits per heavy atom. The summed E-state index contributed by atoms with van der Waals surface area (Å²) in [6.07, 6.45) is 4.39. The third-order valence-corrected chi connectivity index (χ3v) is 6.92. The highest BCUT2D eigenvalue weighted by atomic mass is 35.5. The van der Waals surface area contributed by atoms with E-state index in [2.05, 4.69) is 19.7 Å². The van der Waals surface area contributed by atoms with Crippen LogP contribution < -0.4 is 4.72 Å². The Hall–Kier alpha value is -2.65.